The molecule has 1 aliphatic rings. The lowest BCUT2D eigenvalue weighted by Crippen LogP contribution is -2.39. The lowest BCUT2D eigenvalue weighted by atomic mass is 9.96. The minimum Gasteiger partial charge on any atom is -0.355 e. The Kier molecular flexibility index (Phi) is 5.87. The number of hydrogen-bond acceptors (Lipinski definition) is 6. The van der Waals surface area contributed by atoms with E-state index in [1.54, 1.807) is 23.0 Å². The third-order valence-corrected chi connectivity index (χ3v) is 6.07. The van der Waals surface area contributed by atoms with Crippen LogP contribution in [0.15, 0.2) is 48.7 Å². The summed E-state index contributed by atoms with van der Waals surface area (Å²) in [6.45, 7) is 3.54. The quantitative estimate of drug-likeness (QED) is 0.466. The number of carbonyl (C=O) groups is 1. The van der Waals surface area contributed by atoms with Crippen LogP contribution in [0.1, 0.15) is 29.8 Å². The van der Waals surface area contributed by atoms with Crippen molar-refractivity contribution in [3.63, 3.8) is 0 Å². The second-order valence-electron chi connectivity index (χ2n) is 8.60. The highest BCUT2D eigenvalue weighted by Crippen LogP contribution is 2.29. The van der Waals surface area contributed by atoms with Crippen molar-refractivity contribution in [2.24, 2.45) is 5.92 Å². The summed E-state index contributed by atoms with van der Waals surface area (Å²) in [5.74, 6) is -0.475. The van der Waals surface area contributed by atoms with E-state index in [0.29, 0.717) is 48.6 Å². The monoisotopic (exact) mass is 484 g/mol. The summed E-state index contributed by atoms with van der Waals surface area (Å²) in [5, 5.41) is 18.1. The number of fused-ring (bicyclic) bond motifs is 1. The first kappa shape index (κ1) is 22.8. The number of rotatable bonds is 5. The zero-order valence-electron chi connectivity index (χ0n) is 18.9. The van der Waals surface area contributed by atoms with Gasteiger partial charge in [-0.25, -0.2) is 4.68 Å². The Labute approximate surface area is 198 Å². The molecule has 182 valence electrons. The summed E-state index contributed by atoms with van der Waals surface area (Å²) in [5.41, 5.74) is 2.26. The molecule has 4 aromatic rings. The van der Waals surface area contributed by atoms with Gasteiger partial charge in [0.25, 0.3) is 5.82 Å². The molecule has 9 nitrogen and oxygen atoms in total. The molecule has 0 aliphatic carbocycles. The van der Waals surface area contributed by atoms with Crippen LogP contribution in [-0.4, -0.2) is 48.6 Å². The van der Waals surface area contributed by atoms with Gasteiger partial charge in [-0.3, -0.25) is 4.79 Å². The Bertz CT molecular complexity index is 1350. The van der Waals surface area contributed by atoms with Gasteiger partial charge >= 0.3 is 6.18 Å². The third-order valence-electron chi connectivity index (χ3n) is 6.07. The van der Waals surface area contributed by atoms with Crippen LogP contribution in [0.25, 0.3) is 5.65 Å². The van der Waals surface area contributed by atoms with Crippen molar-refractivity contribution in [2.75, 3.05) is 23.3 Å². The van der Waals surface area contributed by atoms with Gasteiger partial charge in [0.15, 0.2) is 5.65 Å². The fourth-order valence-electron chi connectivity index (χ4n) is 4.27. The second-order valence-corrected chi connectivity index (χ2v) is 8.60. The predicted molar refractivity (Wildman–Crippen MR) is 122 cm³/mol. The van der Waals surface area contributed by atoms with Crippen LogP contribution in [0.3, 0.4) is 0 Å². The Morgan fingerprint density at radius 3 is 2.66 bits per heavy atom. The predicted octanol–water partition coefficient (Wildman–Crippen LogP) is 3.55. The van der Waals surface area contributed by atoms with Gasteiger partial charge in [-0.15, -0.1) is 15.3 Å². The van der Waals surface area contributed by atoms with E-state index in [1.165, 1.54) is 6.07 Å². The molecule has 3 aromatic heterocycles. The molecule has 12 heteroatoms. The maximum absolute atomic E-state index is 13.2. The van der Waals surface area contributed by atoms with Gasteiger partial charge in [0.2, 0.25) is 5.91 Å². The number of hydrogen-bond donors (Lipinski definition) is 1. The van der Waals surface area contributed by atoms with Crippen molar-refractivity contribution < 1.29 is 18.0 Å². The number of amides is 1. The molecule has 0 bridgehead atoms. The van der Waals surface area contributed by atoms with E-state index in [4.69, 9.17) is 0 Å². The van der Waals surface area contributed by atoms with Crippen LogP contribution < -0.4 is 10.2 Å². The number of nitrogens with zero attached hydrogens (tertiary/aromatic N) is 7. The number of alkyl halides is 3. The molecule has 0 spiro atoms. The van der Waals surface area contributed by atoms with Crippen molar-refractivity contribution in [1.82, 2.24) is 29.6 Å². The van der Waals surface area contributed by atoms with Gasteiger partial charge in [-0.05, 0) is 37.5 Å². The zero-order chi connectivity index (χ0) is 24.6. The lowest BCUT2D eigenvalue weighted by Gasteiger charge is -2.32. The average molecular weight is 484 g/mol. The van der Waals surface area contributed by atoms with Gasteiger partial charge < -0.3 is 10.2 Å². The van der Waals surface area contributed by atoms with E-state index in [2.05, 4.69) is 31.8 Å². The standard InChI is InChI=1S/C23H23F3N8O/c1-15-3-2-4-16(13-15)14-33-18(7-10-27-33)28-21(35)17-8-11-32(12-9-17)20-6-5-19-29-30-22(23(24,25)26)34(19)31-20/h2-7,10,13,17H,8-9,11-12,14H2,1H3,(H,28,35). The number of benzene rings is 1. The van der Waals surface area contributed by atoms with Gasteiger partial charge in [-0.2, -0.15) is 22.8 Å². The van der Waals surface area contributed by atoms with Crippen molar-refractivity contribution in [3.05, 3.63) is 65.6 Å². The minimum atomic E-state index is -4.65. The summed E-state index contributed by atoms with van der Waals surface area (Å²) >= 11 is 0. The van der Waals surface area contributed by atoms with Crippen molar-refractivity contribution >= 4 is 23.2 Å². The summed E-state index contributed by atoms with van der Waals surface area (Å²) in [6, 6.07) is 12.9. The van der Waals surface area contributed by atoms with Gasteiger partial charge in [0, 0.05) is 25.1 Å². The summed E-state index contributed by atoms with van der Waals surface area (Å²) in [6.07, 6.45) is -1.91. The van der Waals surface area contributed by atoms with Crippen molar-refractivity contribution in [1.29, 1.82) is 0 Å². The third kappa shape index (κ3) is 4.81. The highest BCUT2D eigenvalue weighted by molar-refractivity contribution is 5.92. The average Bonchev–Trinajstić information content (AvgIpc) is 3.45. The van der Waals surface area contributed by atoms with Crippen molar-refractivity contribution in [2.45, 2.75) is 32.5 Å². The maximum atomic E-state index is 13.2. The normalized spacial score (nSPS) is 15.0. The number of aryl methyl sites for hydroxylation is 1. The molecule has 1 aliphatic heterocycles. The van der Waals surface area contributed by atoms with Crippen LogP contribution in [0.2, 0.25) is 0 Å². The number of carbonyl (C=O) groups excluding carboxylic acids is 1. The molecular weight excluding hydrogens is 461 g/mol. The molecule has 1 saturated heterocycles. The molecule has 5 rings (SSSR count). The number of halogens is 3. The van der Waals surface area contributed by atoms with Crippen LogP contribution in [0.4, 0.5) is 24.8 Å². The van der Waals surface area contributed by atoms with E-state index >= 15 is 0 Å². The number of aromatic nitrogens is 6. The molecule has 1 N–H and O–H groups in total. The van der Waals surface area contributed by atoms with Crippen molar-refractivity contribution in [3.8, 4) is 0 Å². The highest BCUT2D eigenvalue weighted by atomic mass is 19.4. The van der Waals surface area contributed by atoms with Crippen LogP contribution in [0, 0.1) is 12.8 Å². The molecule has 1 amide bonds. The molecule has 35 heavy (non-hydrogen) atoms. The van der Waals surface area contributed by atoms with E-state index in [9.17, 15) is 18.0 Å². The van der Waals surface area contributed by atoms with E-state index in [1.807, 2.05) is 30.0 Å². The van der Waals surface area contributed by atoms with Crippen LogP contribution >= 0.6 is 0 Å². The van der Waals surface area contributed by atoms with Gasteiger partial charge in [0.1, 0.15) is 11.6 Å². The Morgan fingerprint density at radius 1 is 1.11 bits per heavy atom. The smallest absolute Gasteiger partial charge is 0.355 e. The SMILES string of the molecule is Cc1cccc(Cn2nccc2NC(=O)C2CCN(c3ccc4nnc(C(F)(F)F)n4n3)CC2)c1. The Hall–Kier alpha value is -3.96. The maximum Gasteiger partial charge on any atom is 0.453 e. The molecule has 0 unspecified atom stereocenters. The first-order valence-corrected chi connectivity index (χ1v) is 11.2. The number of nitrogens with one attached hydrogen (secondary N) is 1. The first-order valence-electron chi connectivity index (χ1n) is 11.2. The molecule has 0 saturated carbocycles. The van der Waals surface area contributed by atoms with Gasteiger partial charge in [-0.1, -0.05) is 29.8 Å². The fourth-order valence-corrected chi connectivity index (χ4v) is 4.27. The fraction of sp³-hybridized carbons (Fsp3) is 0.348. The van der Waals surface area contributed by atoms with E-state index in [-0.39, 0.29) is 17.5 Å². The number of piperidine rings is 1. The number of anilines is 2. The highest BCUT2D eigenvalue weighted by Gasteiger charge is 2.38. The summed E-state index contributed by atoms with van der Waals surface area (Å²) in [7, 11) is 0. The zero-order valence-corrected chi connectivity index (χ0v) is 18.9. The molecule has 1 fully saturated rings. The van der Waals surface area contributed by atoms with Gasteiger partial charge in [0.05, 0.1) is 12.7 Å². The Morgan fingerprint density at radius 2 is 1.91 bits per heavy atom. The van der Waals surface area contributed by atoms with E-state index < -0.39 is 12.0 Å². The summed E-state index contributed by atoms with van der Waals surface area (Å²) < 4.78 is 41.9. The molecule has 0 radical (unpaired) electrons. The molecule has 1 aromatic carbocycles. The van der Waals surface area contributed by atoms with Crippen LogP contribution in [-0.2, 0) is 17.5 Å². The van der Waals surface area contributed by atoms with Crippen LogP contribution in [0.5, 0.6) is 0 Å². The van der Waals surface area contributed by atoms with E-state index in [0.717, 1.165) is 11.1 Å². The second kappa shape index (κ2) is 9.01. The lowest BCUT2D eigenvalue weighted by molar-refractivity contribution is -0.146. The largest absolute Gasteiger partial charge is 0.453 e. The first-order chi connectivity index (χ1) is 16.8. The minimum absolute atomic E-state index is 0.0256. The molecule has 0 atom stereocenters. The topological polar surface area (TPSA) is 93.2 Å². The molecular formula is C23H23F3N8O. The summed E-state index contributed by atoms with van der Waals surface area (Å²) in [4.78, 5) is 14.8. The Balaban J connectivity index is 1.22. The molecule has 4 heterocycles.